The van der Waals surface area contributed by atoms with Crippen molar-refractivity contribution in [1.82, 2.24) is 29.8 Å². The molecule has 316 valence electrons. The van der Waals surface area contributed by atoms with Gasteiger partial charge in [0.2, 0.25) is 0 Å². The number of imidazole rings is 1. The number of nitrogens with zero attached hydrogens (tertiary/aromatic N) is 7. The number of rotatable bonds is 11. The third-order valence-electron chi connectivity index (χ3n) is 9.32. The van der Waals surface area contributed by atoms with Crippen LogP contribution >= 0.6 is 11.3 Å². The molecule has 4 heterocycles. The second kappa shape index (κ2) is 17.1. The number of aliphatic hydroxyl groups excluding tert-OH is 1. The molecule has 2 amide bonds. The Bertz CT molecular complexity index is 2270. The number of aromatic nitrogens is 5. The Morgan fingerprint density at radius 3 is 2.31 bits per heavy atom. The minimum Gasteiger partial charge on any atom is -0.494 e. The number of piperidine rings is 1. The summed E-state index contributed by atoms with van der Waals surface area (Å²) in [5, 5.41) is 14.4. The summed E-state index contributed by atoms with van der Waals surface area (Å²) < 4.78 is 77.0. The lowest BCUT2D eigenvalue weighted by Crippen LogP contribution is -2.65. The molecule has 3 aromatic heterocycles. The van der Waals surface area contributed by atoms with Crippen molar-refractivity contribution in [3.8, 4) is 16.3 Å². The van der Waals surface area contributed by atoms with Gasteiger partial charge in [0, 0.05) is 31.3 Å². The lowest BCUT2D eigenvalue weighted by atomic mass is 9.83. The minimum absolute atomic E-state index is 0.0286. The molecule has 2 N–H and O–H groups in total. The maximum Gasteiger partial charge on any atom is 0.425 e. The Hall–Kier alpha value is -5.40. The second-order valence-corrected chi connectivity index (χ2v) is 17.2. The number of hydrogen-bond donors (Lipinski definition) is 2. The summed E-state index contributed by atoms with van der Waals surface area (Å²) in [5.74, 6) is -1.89. The normalized spacial score (nSPS) is 16.7. The van der Waals surface area contributed by atoms with Gasteiger partial charge in [-0.3, -0.25) is 0 Å². The SMILES string of the molecule is COc1cc(F)c(-c2nc(N3CCC[C@](NCc4ccccc4)([C@H](O)C(F)F)C3)c(Cn3cnc4c(N(C(=O)OC(C)(C)C)C(=O)OC(C)(C)C)ncnc43)s2)cc1F. The van der Waals surface area contributed by atoms with Gasteiger partial charge in [-0.1, -0.05) is 30.3 Å². The molecule has 0 unspecified atom stereocenters. The third-order valence-corrected chi connectivity index (χ3v) is 10.4. The molecule has 5 aromatic rings. The largest absolute Gasteiger partial charge is 0.494 e. The van der Waals surface area contributed by atoms with Crippen molar-refractivity contribution in [1.29, 1.82) is 0 Å². The Kier molecular flexibility index (Phi) is 12.5. The van der Waals surface area contributed by atoms with Crippen LogP contribution in [-0.2, 0) is 22.6 Å². The fourth-order valence-electron chi connectivity index (χ4n) is 6.69. The van der Waals surface area contributed by atoms with Crippen molar-refractivity contribution in [2.45, 2.75) is 96.7 Å². The first-order valence-corrected chi connectivity index (χ1v) is 19.6. The van der Waals surface area contributed by atoms with Crippen LogP contribution in [0.2, 0.25) is 0 Å². The number of anilines is 2. The molecule has 6 rings (SSSR count). The Labute approximate surface area is 342 Å². The summed E-state index contributed by atoms with van der Waals surface area (Å²) in [4.78, 5) is 47.7. The second-order valence-electron chi connectivity index (χ2n) is 16.1. The van der Waals surface area contributed by atoms with E-state index in [1.54, 1.807) is 51.0 Å². The lowest BCUT2D eigenvalue weighted by molar-refractivity contribution is -0.0658. The monoisotopic (exact) mass is 842 g/mol. The van der Waals surface area contributed by atoms with E-state index in [1.807, 2.05) is 30.3 Å². The molecule has 59 heavy (non-hydrogen) atoms. The summed E-state index contributed by atoms with van der Waals surface area (Å²) in [7, 11) is 1.21. The quantitative estimate of drug-likeness (QED) is 0.125. The molecule has 0 saturated carbocycles. The zero-order chi connectivity index (χ0) is 42.9. The van der Waals surface area contributed by atoms with Gasteiger partial charge in [0.1, 0.15) is 40.3 Å². The standard InChI is InChI=1S/C40H46F4N8O6S/c1-38(2,3)57-36(54)52(37(55)58-39(4,5)6)34-29-33(45-21-46-34)51(22-47-29)19-28-32(49-35(59-28)24-16-26(42)27(56-7)17-25(24)41)50-15-11-14-40(20-50,30(53)31(43)44)48-18-23-12-9-8-10-13-23/h8-10,12-13,16-17,21-22,30-31,48,53H,11,14-15,18-20H2,1-7H3/t30-,40-/m1/s1. The number of fused-ring (bicyclic) bond motifs is 1. The smallest absolute Gasteiger partial charge is 0.425 e. The van der Waals surface area contributed by atoms with Gasteiger partial charge in [-0.15, -0.1) is 11.3 Å². The van der Waals surface area contributed by atoms with Crippen molar-refractivity contribution in [2.75, 3.05) is 30.0 Å². The van der Waals surface area contributed by atoms with Gasteiger partial charge in [0.15, 0.2) is 28.5 Å². The van der Waals surface area contributed by atoms with Crippen LogP contribution in [0.25, 0.3) is 21.7 Å². The van der Waals surface area contributed by atoms with E-state index in [4.69, 9.17) is 19.2 Å². The summed E-state index contributed by atoms with van der Waals surface area (Å²) in [6, 6.07) is 11.0. The van der Waals surface area contributed by atoms with Gasteiger partial charge < -0.3 is 34.1 Å². The van der Waals surface area contributed by atoms with E-state index < -0.39 is 53.1 Å². The van der Waals surface area contributed by atoms with Crippen LogP contribution in [0.3, 0.4) is 0 Å². The fourth-order valence-corrected chi connectivity index (χ4v) is 7.79. The summed E-state index contributed by atoms with van der Waals surface area (Å²) in [6.45, 7) is 10.2. The highest BCUT2D eigenvalue weighted by Crippen LogP contribution is 2.40. The molecular weight excluding hydrogens is 797 g/mol. The van der Waals surface area contributed by atoms with Crippen molar-refractivity contribution in [3.63, 3.8) is 0 Å². The Morgan fingerprint density at radius 2 is 1.68 bits per heavy atom. The third kappa shape index (κ3) is 9.74. The number of methoxy groups -OCH3 is 1. The molecule has 19 heteroatoms. The van der Waals surface area contributed by atoms with Gasteiger partial charge in [-0.05, 0) is 66.0 Å². The molecule has 1 fully saturated rings. The summed E-state index contributed by atoms with van der Waals surface area (Å²) in [5.41, 5.74) is -2.62. The molecule has 1 saturated heterocycles. The van der Waals surface area contributed by atoms with Crippen LogP contribution in [0.1, 0.15) is 64.8 Å². The molecule has 0 radical (unpaired) electrons. The highest BCUT2D eigenvalue weighted by molar-refractivity contribution is 7.15. The summed E-state index contributed by atoms with van der Waals surface area (Å²) >= 11 is 1.03. The Balaban J connectivity index is 1.44. The zero-order valence-electron chi connectivity index (χ0n) is 33.6. The summed E-state index contributed by atoms with van der Waals surface area (Å²) in [6.07, 6.45) is -4.15. The lowest BCUT2D eigenvalue weighted by Gasteiger charge is -2.46. The first-order valence-electron chi connectivity index (χ1n) is 18.7. The van der Waals surface area contributed by atoms with Crippen LogP contribution < -0.4 is 19.9 Å². The predicted octanol–water partition coefficient (Wildman–Crippen LogP) is 7.72. The van der Waals surface area contributed by atoms with Crippen LogP contribution in [-0.4, -0.2) is 91.3 Å². The van der Waals surface area contributed by atoms with E-state index >= 15 is 8.78 Å². The number of nitrogens with one attached hydrogen (secondary N) is 1. The van der Waals surface area contributed by atoms with Crippen LogP contribution in [0.4, 0.5) is 38.8 Å². The van der Waals surface area contributed by atoms with Crippen molar-refractivity contribution >= 4 is 46.3 Å². The number of hydrogen-bond acceptors (Lipinski definition) is 13. The average molecular weight is 843 g/mol. The molecular formula is C40H46F4N8O6S. The molecule has 0 aliphatic carbocycles. The molecule has 14 nitrogen and oxygen atoms in total. The first kappa shape index (κ1) is 43.2. The van der Waals surface area contributed by atoms with Gasteiger partial charge in [-0.2, -0.15) is 4.90 Å². The number of amides is 2. The van der Waals surface area contributed by atoms with Crippen molar-refractivity contribution in [2.24, 2.45) is 0 Å². The van der Waals surface area contributed by atoms with Gasteiger partial charge in [0.25, 0.3) is 6.43 Å². The van der Waals surface area contributed by atoms with E-state index in [2.05, 4.69) is 20.3 Å². The average Bonchev–Trinajstić information content (AvgIpc) is 3.78. The Morgan fingerprint density at radius 1 is 1.00 bits per heavy atom. The number of thiazole rings is 1. The van der Waals surface area contributed by atoms with Crippen LogP contribution in [0.15, 0.2) is 55.1 Å². The highest BCUT2D eigenvalue weighted by Gasteiger charge is 2.46. The number of carbonyl (C=O) groups excluding carboxylic acids is 2. The molecule has 0 spiro atoms. The van der Waals surface area contributed by atoms with Gasteiger partial charge >= 0.3 is 12.2 Å². The number of imide groups is 1. The van der Waals surface area contributed by atoms with Crippen molar-refractivity contribution < 1.29 is 46.5 Å². The van der Waals surface area contributed by atoms with E-state index in [0.29, 0.717) is 22.7 Å². The number of benzene rings is 2. The minimum atomic E-state index is -3.08. The molecule has 2 aromatic carbocycles. The topological polar surface area (TPSA) is 157 Å². The highest BCUT2D eigenvalue weighted by atomic mass is 32.1. The molecule has 1 aliphatic heterocycles. The number of aliphatic hydroxyl groups is 1. The fraction of sp³-hybridized carbons (Fsp3) is 0.450. The molecule has 1 aliphatic rings. The number of alkyl halides is 2. The van der Waals surface area contributed by atoms with E-state index in [-0.39, 0.29) is 65.2 Å². The van der Waals surface area contributed by atoms with E-state index in [9.17, 15) is 23.5 Å². The van der Waals surface area contributed by atoms with E-state index in [0.717, 1.165) is 35.4 Å². The van der Waals surface area contributed by atoms with Crippen LogP contribution in [0, 0.1) is 11.6 Å². The number of ether oxygens (including phenoxy) is 3. The molecule has 0 bridgehead atoms. The zero-order valence-corrected chi connectivity index (χ0v) is 34.4. The number of halogens is 4. The maximum absolute atomic E-state index is 15.6. The molecule has 2 atom stereocenters. The predicted molar refractivity (Wildman–Crippen MR) is 213 cm³/mol. The van der Waals surface area contributed by atoms with Gasteiger partial charge in [-0.25, -0.2) is 47.1 Å². The first-order chi connectivity index (χ1) is 27.8. The number of carbonyl (C=O) groups is 2. The van der Waals surface area contributed by atoms with E-state index in [1.165, 1.54) is 13.4 Å². The van der Waals surface area contributed by atoms with Gasteiger partial charge in [0.05, 0.1) is 30.4 Å². The maximum atomic E-state index is 15.6. The van der Waals surface area contributed by atoms with Crippen LogP contribution in [0.5, 0.6) is 5.75 Å². The van der Waals surface area contributed by atoms with Crippen molar-refractivity contribution in [3.05, 3.63) is 77.2 Å².